The fraction of sp³-hybridized carbons (Fsp3) is 0.667. The van der Waals surface area contributed by atoms with E-state index in [1.807, 2.05) is 45.0 Å². The number of hydrogen-bond donors (Lipinski definition) is 3. The number of nitrogens with two attached hydrogens (primary N) is 1. The van der Waals surface area contributed by atoms with Crippen LogP contribution in [0.1, 0.15) is 110 Å². The van der Waals surface area contributed by atoms with E-state index in [0.717, 1.165) is 44.1 Å². The van der Waals surface area contributed by atoms with Gasteiger partial charge in [0, 0.05) is 12.6 Å². The van der Waals surface area contributed by atoms with Crippen molar-refractivity contribution in [1.29, 1.82) is 0 Å². The summed E-state index contributed by atoms with van der Waals surface area (Å²) in [6.45, 7) is 13.4. The lowest BCUT2D eigenvalue weighted by Gasteiger charge is -2.35. The van der Waals surface area contributed by atoms with Gasteiger partial charge in [0.05, 0.1) is 6.42 Å². The highest BCUT2D eigenvalue weighted by atomic mass is 16.6. The predicted octanol–water partition coefficient (Wildman–Crippen LogP) is 4.91. The zero-order valence-electron chi connectivity index (χ0n) is 25.0. The molecule has 0 spiro atoms. The fourth-order valence-electron chi connectivity index (χ4n) is 4.44. The second kappa shape index (κ2) is 16.8. The molecule has 0 aromatic heterocycles. The van der Waals surface area contributed by atoms with Crippen LogP contribution in [-0.4, -0.2) is 52.9 Å². The zero-order chi connectivity index (χ0) is 29.6. The minimum absolute atomic E-state index is 0.0855. The number of carbonyl (C=O) groups excluding carboxylic acids is 4. The van der Waals surface area contributed by atoms with E-state index in [0.29, 0.717) is 12.0 Å². The molecule has 1 rings (SSSR count). The van der Waals surface area contributed by atoms with E-state index in [9.17, 15) is 19.2 Å². The molecule has 4 N–H and O–H groups in total. The zero-order valence-corrected chi connectivity index (χ0v) is 25.0. The number of benzene rings is 1. The highest BCUT2D eigenvalue weighted by molar-refractivity contribution is 5.94. The van der Waals surface area contributed by atoms with Crippen LogP contribution in [0.5, 0.6) is 0 Å². The van der Waals surface area contributed by atoms with Crippen molar-refractivity contribution in [2.45, 2.75) is 124 Å². The number of nitrogens with zero attached hydrogens (tertiary/aromatic N) is 1. The van der Waals surface area contributed by atoms with Gasteiger partial charge in [0.2, 0.25) is 17.7 Å². The van der Waals surface area contributed by atoms with Crippen LogP contribution in [0, 0.1) is 6.92 Å². The number of amides is 4. The Kier molecular flexibility index (Phi) is 14.6. The fourth-order valence-corrected chi connectivity index (χ4v) is 4.44. The molecule has 0 heterocycles. The number of ether oxygens (including phenoxy) is 1. The maximum absolute atomic E-state index is 14.1. The molecule has 3 unspecified atom stereocenters. The highest BCUT2D eigenvalue weighted by Crippen LogP contribution is 2.25. The van der Waals surface area contributed by atoms with Crippen molar-refractivity contribution in [3.05, 3.63) is 35.4 Å². The first kappa shape index (κ1) is 33.9. The van der Waals surface area contributed by atoms with Crippen LogP contribution < -0.4 is 16.4 Å². The largest absolute Gasteiger partial charge is 0.444 e. The molecule has 220 valence electrons. The van der Waals surface area contributed by atoms with Crippen molar-refractivity contribution >= 4 is 23.8 Å². The smallest absolute Gasteiger partial charge is 0.408 e. The van der Waals surface area contributed by atoms with Crippen molar-refractivity contribution in [2.24, 2.45) is 5.73 Å². The lowest BCUT2D eigenvalue weighted by molar-refractivity contribution is -0.143. The standard InChI is InChI=1S/C30H50N4O5/c1-8-10-11-12-13-18-34(28(37)24(20-25(31)35)33-29(38)39-30(5,6)7)26(23-17-14-16-21(3)19-23)27(36)32-22(4)15-9-2/h14,16-17,19,22,24,26H,8-13,15,18,20H2,1-7H3,(H2,31,35)(H,32,36)(H,33,38). The van der Waals surface area contributed by atoms with Gasteiger partial charge >= 0.3 is 6.09 Å². The maximum atomic E-state index is 14.1. The first-order valence-corrected chi connectivity index (χ1v) is 14.2. The van der Waals surface area contributed by atoms with Crippen LogP contribution in [0.4, 0.5) is 4.79 Å². The molecular formula is C30H50N4O5. The van der Waals surface area contributed by atoms with E-state index in [-0.39, 0.29) is 18.5 Å². The molecule has 0 aliphatic rings. The van der Waals surface area contributed by atoms with Crippen molar-refractivity contribution in [2.75, 3.05) is 6.54 Å². The van der Waals surface area contributed by atoms with Crippen LogP contribution in [0.3, 0.4) is 0 Å². The maximum Gasteiger partial charge on any atom is 0.408 e. The molecule has 9 heteroatoms. The summed E-state index contributed by atoms with van der Waals surface area (Å²) in [5, 5.41) is 5.59. The molecule has 39 heavy (non-hydrogen) atoms. The normalized spacial score (nSPS) is 13.6. The average molecular weight is 547 g/mol. The second-order valence-electron chi connectivity index (χ2n) is 11.3. The van der Waals surface area contributed by atoms with E-state index >= 15 is 0 Å². The minimum Gasteiger partial charge on any atom is -0.444 e. The van der Waals surface area contributed by atoms with Gasteiger partial charge in [-0.1, -0.05) is 75.8 Å². The molecule has 1 aromatic carbocycles. The molecule has 0 aliphatic carbocycles. The summed E-state index contributed by atoms with van der Waals surface area (Å²) in [6.07, 6.45) is 5.15. The summed E-state index contributed by atoms with van der Waals surface area (Å²) in [5.74, 6) is -1.61. The van der Waals surface area contributed by atoms with E-state index < -0.39 is 42.0 Å². The van der Waals surface area contributed by atoms with Gasteiger partial charge in [0.1, 0.15) is 17.7 Å². The van der Waals surface area contributed by atoms with Crippen molar-refractivity contribution in [3.63, 3.8) is 0 Å². The van der Waals surface area contributed by atoms with Crippen LogP contribution in [0.25, 0.3) is 0 Å². The summed E-state index contributed by atoms with van der Waals surface area (Å²) < 4.78 is 5.34. The number of unbranched alkanes of at least 4 members (excludes halogenated alkanes) is 4. The Balaban J connectivity index is 3.49. The molecule has 0 aliphatic heterocycles. The molecule has 0 saturated carbocycles. The van der Waals surface area contributed by atoms with Crippen LogP contribution >= 0.6 is 0 Å². The molecule has 0 saturated heterocycles. The molecule has 3 atom stereocenters. The van der Waals surface area contributed by atoms with Crippen LogP contribution in [0.15, 0.2) is 24.3 Å². The second-order valence-corrected chi connectivity index (χ2v) is 11.3. The van der Waals surface area contributed by atoms with Gasteiger partial charge in [0.25, 0.3) is 0 Å². The quantitative estimate of drug-likeness (QED) is 0.254. The van der Waals surface area contributed by atoms with E-state index in [1.165, 1.54) is 4.90 Å². The summed E-state index contributed by atoms with van der Waals surface area (Å²) >= 11 is 0. The average Bonchev–Trinajstić information content (AvgIpc) is 2.80. The first-order chi connectivity index (χ1) is 18.3. The van der Waals surface area contributed by atoms with Gasteiger partial charge in [-0.3, -0.25) is 14.4 Å². The molecular weight excluding hydrogens is 496 g/mol. The molecule has 0 bridgehead atoms. The SMILES string of the molecule is CCCCCCCN(C(=O)C(CC(N)=O)NC(=O)OC(C)(C)C)C(C(=O)NC(C)CCC)c1cccc(C)c1. The monoisotopic (exact) mass is 546 g/mol. The van der Waals surface area contributed by atoms with Gasteiger partial charge < -0.3 is 26.0 Å². The Morgan fingerprint density at radius 3 is 2.23 bits per heavy atom. The van der Waals surface area contributed by atoms with Gasteiger partial charge in [-0.15, -0.1) is 0 Å². The summed E-state index contributed by atoms with van der Waals surface area (Å²) in [6, 6.07) is 5.18. The number of nitrogens with one attached hydrogen (secondary N) is 2. The van der Waals surface area contributed by atoms with Crippen LogP contribution in [0.2, 0.25) is 0 Å². The lowest BCUT2D eigenvalue weighted by atomic mass is 9.99. The van der Waals surface area contributed by atoms with Gasteiger partial charge in [-0.25, -0.2) is 4.79 Å². The molecule has 0 fully saturated rings. The Labute approximate surface area is 234 Å². The third-order valence-corrected chi connectivity index (χ3v) is 6.21. The first-order valence-electron chi connectivity index (χ1n) is 14.2. The topological polar surface area (TPSA) is 131 Å². The summed E-state index contributed by atoms with van der Waals surface area (Å²) in [7, 11) is 0. The van der Waals surface area contributed by atoms with E-state index in [4.69, 9.17) is 10.5 Å². The highest BCUT2D eigenvalue weighted by Gasteiger charge is 2.37. The Morgan fingerprint density at radius 2 is 1.67 bits per heavy atom. The van der Waals surface area contributed by atoms with E-state index in [1.54, 1.807) is 20.8 Å². The summed E-state index contributed by atoms with van der Waals surface area (Å²) in [5.41, 5.74) is 6.28. The van der Waals surface area contributed by atoms with Gasteiger partial charge in [-0.05, 0) is 53.0 Å². The predicted molar refractivity (Wildman–Crippen MR) is 154 cm³/mol. The number of aryl methyl sites for hydroxylation is 1. The molecule has 0 radical (unpaired) electrons. The minimum atomic E-state index is -1.28. The summed E-state index contributed by atoms with van der Waals surface area (Å²) in [4.78, 5) is 53.9. The lowest BCUT2D eigenvalue weighted by Crippen LogP contribution is -2.54. The third kappa shape index (κ3) is 13.0. The van der Waals surface area contributed by atoms with Crippen molar-refractivity contribution in [1.82, 2.24) is 15.5 Å². The molecule has 1 aromatic rings. The number of carbonyl (C=O) groups is 4. The van der Waals surface area contributed by atoms with Gasteiger partial charge in [0.15, 0.2) is 0 Å². The van der Waals surface area contributed by atoms with Crippen molar-refractivity contribution in [3.8, 4) is 0 Å². The number of rotatable bonds is 16. The Morgan fingerprint density at radius 1 is 1.00 bits per heavy atom. The number of alkyl carbamates (subject to hydrolysis) is 1. The molecule has 4 amide bonds. The Hall–Kier alpha value is -3.10. The van der Waals surface area contributed by atoms with Crippen LogP contribution in [-0.2, 0) is 19.1 Å². The molecule has 9 nitrogen and oxygen atoms in total. The third-order valence-electron chi connectivity index (χ3n) is 6.21. The van der Waals surface area contributed by atoms with E-state index in [2.05, 4.69) is 17.6 Å². The Bertz CT molecular complexity index is 944. The number of primary amides is 1. The number of hydrogen-bond acceptors (Lipinski definition) is 5. The van der Waals surface area contributed by atoms with Crippen molar-refractivity contribution < 1.29 is 23.9 Å². The van der Waals surface area contributed by atoms with Gasteiger partial charge in [-0.2, -0.15) is 0 Å².